The SMILES string of the molecule is Cc1cn2c(C)c(C3CC3)cnc2n1. The summed E-state index contributed by atoms with van der Waals surface area (Å²) < 4.78 is 2.10. The van der Waals surface area contributed by atoms with Crippen molar-refractivity contribution in [3.63, 3.8) is 0 Å². The molecule has 3 nitrogen and oxygen atoms in total. The average molecular weight is 187 g/mol. The molecule has 3 rings (SSSR count). The number of aryl methyl sites for hydroxylation is 2. The summed E-state index contributed by atoms with van der Waals surface area (Å²) >= 11 is 0. The molecule has 0 saturated heterocycles. The largest absolute Gasteiger partial charge is 0.288 e. The first-order valence-corrected chi connectivity index (χ1v) is 5.07. The van der Waals surface area contributed by atoms with E-state index in [1.54, 1.807) is 0 Å². The summed E-state index contributed by atoms with van der Waals surface area (Å²) in [6, 6.07) is 0. The minimum atomic E-state index is 0.759. The van der Waals surface area contributed by atoms with Crippen LogP contribution in [0.5, 0.6) is 0 Å². The fourth-order valence-electron chi connectivity index (χ4n) is 1.98. The van der Waals surface area contributed by atoms with Gasteiger partial charge in [0.1, 0.15) is 0 Å². The third kappa shape index (κ3) is 1.05. The molecule has 0 atom stereocenters. The van der Waals surface area contributed by atoms with Crippen molar-refractivity contribution >= 4 is 5.78 Å². The van der Waals surface area contributed by atoms with Crippen molar-refractivity contribution in [3.05, 3.63) is 29.3 Å². The molecule has 1 aliphatic carbocycles. The summed E-state index contributed by atoms with van der Waals surface area (Å²) in [5.41, 5.74) is 3.74. The lowest BCUT2D eigenvalue weighted by molar-refractivity contribution is 0.956. The van der Waals surface area contributed by atoms with Crippen LogP contribution in [0.4, 0.5) is 0 Å². The van der Waals surface area contributed by atoms with Gasteiger partial charge in [0.15, 0.2) is 0 Å². The van der Waals surface area contributed by atoms with Gasteiger partial charge in [-0.1, -0.05) is 0 Å². The molecule has 0 radical (unpaired) electrons. The Kier molecular flexibility index (Phi) is 1.46. The zero-order valence-electron chi connectivity index (χ0n) is 8.49. The normalized spacial score (nSPS) is 16.4. The van der Waals surface area contributed by atoms with Gasteiger partial charge in [0.2, 0.25) is 5.78 Å². The van der Waals surface area contributed by atoms with Gasteiger partial charge in [0, 0.05) is 18.1 Å². The summed E-state index contributed by atoms with van der Waals surface area (Å²) in [5, 5.41) is 0. The molecule has 72 valence electrons. The van der Waals surface area contributed by atoms with Gasteiger partial charge in [-0.05, 0) is 38.2 Å². The Morgan fingerprint density at radius 1 is 1.36 bits per heavy atom. The van der Waals surface area contributed by atoms with E-state index in [-0.39, 0.29) is 0 Å². The highest BCUT2D eigenvalue weighted by atomic mass is 15.1. The Morgan fingerprint density at radius 2 is 2.14 bits per heavy atom. The van der Waals surface area contributed by atoms with E-state index in [9.17, 15) is 0 Å². The highest BCUT2D eigenvalue weighted by Gasteiger charge is 2.26. The second-order valence-electron chi connectivity index (χ2n) is 4.13. The molecule has 0 unspecified atom stereocenters. The van der Waals surface area contributed by atoms with Crippen LogP contribution in [-0.4, -0.2) is 14.4 Å². The maximum Gasteiger partial charge on any atom is 0.234 e. The molecule has 0 N–H and O–H groups in total. The standard InChI is InChI=1S/C11H13N3/c1-7-6-14-8(2)10(9-3-4-9)5-12-11(14)13-7/h5-6,9H,3-4H2,1-2H3. The van der Waals surface area contributed by atoms with Crippen molar-refractivity contribution in [1.29, 1.82) is 0 Å². The third-order valence-corrected chi connectivity index (χ3v) is 2.92. The van der Waals surface area contributed by atoms with Crippen LogP contribution < -0.4 is 0 Å². The molecule has 0 bridgehead atoms. The number of fused-ring (bicyclic) bond motifs is 1. The van der Waals surface area contributed by atoms with Crippen LogP contribution in [0.15, 0.2) is 12.4 Å². The van der Waals surface area contributed by atoms with Gasteiger partial charge in [-0.3, -0.25) is 4.40 Å². The summed E-state index contributed by atoms with van der Waals surface area (Å²) in [5.74, 6) is 1.58. The number of rotatable bonds is 1. The van der Waals surface area contributed by atoms with E-state index in [0.29, 0.717) is 0 Å². The molecule has 0 aromatic carbocycles. The molecule has 1 saturated carbocycles. The molecule has 1 aliphatic rings. The number of hydrogen-bond acceptors (Lipinski definition) is 2. The summed E-state index contributed by atoms with van der Waals surface area (Å²) in [6.45, 7) is 4.16. The van der Waals surface area contributed by atoms with Crippen LogP contribution in [0.25, 0.3) is 5.78 Å². The molecule has 0 amide bonds. The molecule has 0 aliphatic heterocycles. The predicted octanol–water partition coefficient (Wildman–Crippen LogP) is 2.22. The first-order valence-electron chi connectivity index (χ1n) is 5.07. The molecule has 14 heavy (non-hydrogen) atoms. The lowest BCUT2D eigenvalue weighted by Gasteiger charge is -2.05. The minimum Gasteiger partial charge on any atom is -0.288 e. The van der Waals surface area contributed by atoms with Gasteiger partial charge >= 0.3 is 0 Å². The molecule has 0 spiro atoms. The number of nitrogens with zero attached hydrogens (tertiary/aromatic N) is 3. The van der Waals surface area contributed by atoms with E-state index in [1.165, 1.54) is 24.1 Å². The van der Waals surface area contributed by atoms with Crippen LogP contribution in [0.2, 0.25) is 0 Å². The molecule has 2 heterocycles. The van der Waals surface area contributed by atoms with E-state index >= 15 is 0 Å². The zero-order valence-corrected chi connectivity index (χ0v) is 8.49. The Labute approximate surface area is 82.8 Å². The van der Waals surface area contributed by atoms with Crippen LogP contribution in [0.1, 0.15) is 35.7 Å². The maximum atomic E-state index is 4.38. The Hall–Kier alpha value is -1.38. The topological polar surface area (TPSA) is 30.2 Å². The molecule has 2 aromatic heterocycles. The van der Waals surface area contributed by atoms with Gasteiger partial charge in [-0.2, -0.15) is 0 Å². The monoisotopic (exact) mass is 187 g/mol. The first kappa shape index (κ1) is 7.97. The van der Waals surface area contributed by atoms with Crippen molar-refractivity contribution in [3.8, 4) is 0 Å². The Morgan fingerprint density at radius 3 is 2.86 bits per heavy atom. The van der Waals surface area contributed by atoms with E-state index < -0.39 is 0 Å². The second-order valence-corrected chi connectivity index (χ2v) is 4.13. The van der Waals surface area contributed by atoms with Gasteiger partial charge in [0.05, 0.1) is 5.69 Å². The van der Waals surface area contributed by atoms with Gasteiger partial charge in [-0.25, -0.2) is 9.97 Å². The quantitative estimate of drug-likeness (QED) is 0.685. The molecular formula is C11H13N3. The van der Waals surface area contributed by atoms with Crippen molar-refractivity contribution in [2.45, 2.75) is 32.6 Å². The lowest BCUT2D eigenvalue weighted by atomic mass is 10.1. The summed E-state index contributed by atoms with van der Waals surface area (Å²) in [7, 11) is 0. The maximum absolute atomic E-state index is 4.38. The number of aromatic nitrogens is 3. The lowest BCUT2D eigenvalue weighted by Crippen LogP contribution is -1.98. The zero-order chi connectivity index (χ0) is 9.71. The first-order chi connectivity index (χ1) is 6.75. The van der Waals surface area contributed by atoms with Crippen molar-refractivity contribution in [1.82, 2.24) is 14.4 Å². The highest BCUT2D eigenvalue weighted by Crippen LogP contribution is 2.41. The second kappa shape index (κ2) is 2.56. The van der Waals surface area contributed by atoms with Gasteiger partial charge in [-0.15, -0.1) is 0 Å². The number of hydrogen-bond donors (Lipinski definition) is 0. The van der Waals surface area contributed by atoms with Crippen LogP contribution in [0.3, 0.4) is 0 Å². The van der Waals surface area contributed by atoms with Crippen molar-refractivity contribution < 1.29 is 0 Å². The average Bonchev–Trinajstić information content (AvgIpc) is 2.89. The fourth-order valence-corrected chi connectivity index (χ4v) is 1.98. The molecule has 2 aromatic rings. The summed E-state index contributed by atoms with van der Waals surface area (Å²) in [6.07, 6.45) is 6.70. The number of imidazole rings is 1. The minimum absolute atomic E-state index is 0.759. The van der Waals surface area contributed by atoms with Crippen LogP contribution in [0, 0.1) is 13.8 Å². The summed E-state index contributed by atoms with van der Waals surface area (Å²) in [4.78, 5) is 8.72. The molecule has 3 heteroatoms. The molecule has 1 fully saturated rings. The Bertz CT molecular complexity index is 494. The third-order valence-electron chi connectivity index (χ3n) is 2.92. The smallest absolute Gasteiger partial charge is 0.234 e. The van der Waals surface area contributed by atoms with E-state index in [1.807, 2.05) is 13.1 Å². The van der Waals surface area contributed by atoms with Crippen molar-refractivity contribution in [2.24, 2.45) is 0 Å². The van der Waals surface area contributed by atoms with Gasteiger partial charge in [0.25, 0.3) is 0 Å². The Balaban J connectivity index is 2.29. The van der Waals surface area contributed by atoms with E-state index in [0.717, 1.165) is 17.4 Å². The molecular weight excluding hydrogens is 174 g/mol. The van der Waals surface area contributed by atoms with Crippen molar-refractivity contribution in [2.75, 3.05) is 0 Å². The fraction of sp³-hybridized carbons (Fsp3) is 0.455. The van der Waals surface area contributed by atoms with E-state index in [4.69, 9.17) is 0 Å². The van der Waals surface area contributed by atoms with Gasteiger partial charge < -0.3 is 0 Å². The highest BCUT2D eigenvalue weighted by molar-refractivity contribution is 5.38. The van der Waals surface area contributed by atoms with Crippen LogP contribution >= 0.6 is 0 Å². The van der Waals surface area contributed by atoms with Crippen LogP contribution in [-0.2, 0) is 0 Å². The predicted molar refractivity (Wildman–Crippen MR) is 54.4 cm³/mol. The van der Waals surface area contributed by atoms with E-state index in [2.05, 4.69) is 27.5 Å².